The van der Waals surface area contributed by atoms with Crippen LogP contribution in [0.15, 0.2) is 24.3 Å². The van der Waals surface area contributed by atoms with Crippen molar-refractivity contribution in [2.24, 2.45) is 0 Å². The van der Waals surface area contributed by atoms with E-state index in [0.717, 1.165) is 16.7 Å². The van der Waals surface area contributed by atoms with E-state index in [1.54, 1.807) is 6.08 Å². The molecule has 1 aromatic carbocycles. The van der Waals surface area contributed by atoms with E-state index in [1.165, 1.54) is 32.7 Å². The van der Waals surface area contributed by atoms with Crippen LogP contribution in [0.1, 0.15) is 36.6 Å². The Morgan fingerprint density at radius 1 is 1.12 bits per heavy atom. The van der Waals surface area contributed by atoms with Crippen LogP contribution in [-0.4, -0.2) is 36.9 Å². The van der Waals surface area contributed by atoms with Crippen LogP contribution in [0.25, 0.3) is 6.08 Å². The first-order chi connectivity index (χ1) is 11.9. The Kier molecular flexibility index (Phi) is 6.64. The molecule has 1 aromatic rings. The second kappa shape index (κ2) is 8.71. The lowest BCUT2D eigenvalue weighted by Crippen LogP contribution is -2.28. The van der Waals surface area contributed by atoms with Crippen LogP contribution < -0.4 is 0 Å². The molecule has 0 N–H and O–H groups in total. The number of thioether (sulfide) groups is 1. The van der Waals surface area contributed by atoms with Gasteiger partial charge in [-0.25, -0.2) is 0 Å². The minimum absolute atomic E-state index is 0.261. The monoisotopic (exact) mass is 364 g/mol. The fraction of sp³-hybridized carbons (Fsp3) is 0.389. The first-order valence-corrected chi connectivity index (χ1v) is 8.86. The second-order valence-corrected chi connectivity index (χ2v) is 6.48. The Bertz CT molecular complexity index is 697. The standard InChI is InChI=1S/C18H20O6S/c1-11(19)23-16-7-6-14-5-4-13(9-25-10-17(21)22-3)8-15(14)18(16)24-12(2)20/h4-8,16,18H,9-10H2,1-3H3/t16-,18-/m1/s1. The summed E-state index contributed by atoms with van der Waals surface area (Å²) in [6.45, 7) is 2.63. The highest BCUT2D eigenvalue weighted by atomic mass is 32.2. The summed E-state index contributed by atoms with van der Waals surface area (Å²) in [6, 6.07) is 5.78. The number of hydrogen-bond donors (Lipinski definition) is 0. The van der Waals surface area contributed by atoms with Crippen molar-refractivity contribution in [1.82, 2.24) is 0 Å². The van der Waals surface area contributed by atoms with Crippen LogP contribution in [0.5, 0.6) is 0 Å². The maximum Gasteiger partial charge on any atom is 0.315 e. The first kappa shape index (κ1) is 19.1. The summed E-state index contributed by atoms with van der Waals surface area (Å²) in [7, 11) is 1.35. The van der Waals surface area contributed by atoms with E-state index < -0.39 is 24.1 Å². The lowest BCUT2D eigenvalue weighted by Gasteiger charge is -2.29. The molecule has 0 aromatic heterocycles. The van der Waals surface area contributed by atoms with Gasteiger partial charge in [0.2, 0.25) is 0 Å². The third-order valence-electron chi connectivity index (χ3n) is 3.53. The van der Waals surface area contributed by atoms with Crippen LogP contribution in [-0.2, 0) is 34.3 Å². The molecule has 0 saturated carbocycles. The van der Waals surface area contributed by atoms with Crippen molar-refractivity contribution < 1.29 is 28.6 Å². The van der Waals surface area contributed by atoms with Crippen LogP contribution in [0.4, 0.5) is 0 Å². The second-order valence-electron chi connectivity index (χ2n) is 5.50. The largest absolute Gasteiger partial charge is 0.468 e. The zero-order valence-corrected chi connectivity index (χ0v) is 15.1. The van der Waals surface area contributed by atoms with Gasteiger partial charge in [0, 0.05) is 25.2 Å². The zero-order valence-electron chi connectivity index (χ0n) is 14.3. The number of ether oxygens (including phenoxy) is 3. The summed E-state index contributed by atoms with van der Waals surface area (Å²) < 4.78 is 15.3. The number of hydrogen-bond acceptors (Lipinski definition) is 7. The number of benzene rings is 1. The number of carbonyl (C=O) groups excluding carboxylic acids is 3. The maximum absolute atomic E-state index is 11.5. The van der Waals surface area contributed by atoms with Gasteiger partial charge >= 0.3 is 17.9 Å². The highest BCUT2D eigenvalue weighted by Crippen LogP contribution is 2.34. The van der Waals surface area contributed by atoms with Gasteiger partial charge in [-0.3, -0.25) is 14.4 Å². The quantitative estimate of drug-likeness (QED) is 0.567. The average molecular weight is 364 g/mol. The minimum atomic E-state index is -0.688. The molecule has 134 valence electrons. The molecule has 2 rings (SSSR count). The summed E-state index contributed by atoms with van der Waals surface area (Å²) in [5, 5.41) is 0. The molecular formula is C18H20O6S. The molecule has 0 heterocycles. The van der Waals surface area contributed by atoms with Crippen molar-refractivity contribution in [3.8, 4) is 0 Å². The van der Waals surface area contributed by atoms with Crippen molar-refractivity contribution in [1.29, 1.82) is 0 Å². The molecule has 0 amide bonds. The topological polar surface area (TPSA) is 78.9 Å². The van der Waals surface area contributed by atoms with E-state index >= 15 is 0 Å². The number of methoxy groups -OCH3 is 1. The van der Waals surface area contributed by atoms with Crippen LogP contribution in [0.2, 0.25) is 0 Å². The summed E-state index contributed by atoms with van der Waals surface area (Å²) >= 11 is 1.43. The predicted molar refractivity (Wildman–Crippen MR) is 93.7 cm³/mol. The smallest absolute Gasteiger partial charge is 0.315 e. The summed E-state index contributed by atoms with van der Waals surface area (Å²) in [6.07, 6.45) is 2.20. The van der Waals surface area contributed by atoms with E-state index in [4.69, 9.17) is 9.47 Å². The van der Waals surface area contributed by atoms with Gasteiger partial charge in [0.25, 0.3) is 0 Å². The molecule has 1 aliphatic carbocycles. The van der Waals surface area contributed by atoms with Gasteiger partial charge in [-0.1, -0.05) is 24.3 Å². The summed E-state index contributed by atoms with van der Waals surface area (Å²) in [4.78, 5) is 34.0. The molecule has 2 atom stereocenters. The number of rotatable bonds is 6. The van der Waals surface area contributed by atoms with Crippen LogP contribution in [0, 0.1) is 0 Å². The highest BCUT2D eigenvalue weighted by molar-refractivity contribution is 7.99. The van der Waals surface area contributed by atoms with E-state index in [9.17, 15) is 14.4 Å². The molecule has 6 nitrogen and oxygen atoms in total. The Hall–Kier alpha value is -2.28. The average Bonchev–Trinajstić information content (AvgIpc) is 2.56. The van der Waals surface area contributed by atoms with Gasteiger partial charge in [-0.05, 0) is 17.2 Å². The van der Waals surface area contributed by atoms with Crippen LogP contribution in [0.3, 0.4) is 0 Å². The van der Waals surface area contributed by atoms with E-state index in [0.29, 0.717) is 5.75 Å². The van der Waals surface area contributed by atoms with Gasteiger partial charge < -0.3 is 14.2 Å². The molecule has 0 unspecified atom stereocenters. The Balaban J connectivity index is 2.21. The van der Waals surface area contributed by atoms with Crippen molar-refractivity contribution in [3.63, 3.8) is 0 Å². The fourth-order valence-electron chi connectivity index (χ4n) is 2.50. The Labute approximate surface area is 150 Å². The van der Waals surface area contributed by atoms with E-state index in [1.807, 2.05) is 24.3 Å². The van der Waals surface area contributed by atoms with Gasteiger partial charge in [0.05, 0.1) is 12.9 Å². The van der Waals surface area contributed by atoms with Crippen molar-refractivity contribution >= 4 is 35.7 Å². The molecule has 1 aliphatic rings. The molecule has 0 spiro atoms. The maximum atomic E-state index is 11.5. The molecule has 25 heavy (non-hydrogen) atoms. The fourth-order valence-corrected chi connectivity index (χ4v) is 3.30. The summed E-state index contributed by atoms with van der Waals surface area (Å²) in [5.41, 5.74) is 2.65. The van der Waals surface area contributed by atoms with Gasteiger partial charge in [-0.15, -0.1) is 11.8 Å². The SMILES string of the molecule is COC(=O)CSCc1ccc2c(c1)[C@@H](OC(C)=O)[C@H](OC(C)=O)C=C2. The number of carbonyl (C=O) groups is 3. The zero-order chi connectivity index (χ0) is 18.4. The molecule has 0 fully saturated rings. The van der Waals surface area contributed by atoms with Crippen molar-refractivity contribution in [2.75, 3.05) is 12.9 Å². The third kappa shape index (κ3) is 5.35. The molecule has 7 heteroatoms. The molecule has 0 aliphatic heterocycles. The molecule has 0 radical (unpaired) electrons. The number of esters is 3. The molecule has 0 saturated heterocycles. The van der Waals surface area contributed by atoms with E-state index in [2.05, 4.69) is 4.74 Å². The Morgan fingerprint density at radius 3 is 2.48 bits per heavy atom. The minimum Gasteiger partial charge on any atom is -0.468 e. The van der Waals surface area contributed by atoms with Gasteiger partial charge in [-0.2, -0.15) is 0 Å². The first-order valence-electron chi connectivity index (χ1n) is 7.70. The summed E-state index contributed by atoms with van der Waals surface area (Å²) in [5.74, 6) is -0.304. The lowest BCUT2D eigenvalue weighted by atomic mass is 9.91. The van der Waals surface area contributed by atoms with Crippen molar-refractivity contribution in [3.05, 3.63) is 41.0 Å². The highest BCUT2D eigenvalue weighted by Gasteiger charge is 2.31. The van der Waals surface area contributed by atoms with E-state index in [-0.39, 0.29) is 11.7 Å². The van der Waals surface area contributed by atoms with Gasteiger partial charge in [0.1, 0.15) is 0 Å². The van der Waals surface area contributed by atoms with Crippen LogP contribution >= 0.6 is 11.8 Å². The Morgan fingerprint density at radius 2 is 1.84 bits per heavy atom. The number of fused-ring (bicyclic) bond motifs is 1. The predicted octanol–water partition coefficient (Wildman–Crippen LogP) is 2.66. The third-order valence-corrected chi connectivity index (χ3v) is 4.51. The van der Waals surface area contributed by atoms with Gasteiger partial charge in [0.15, 0.2) is 12.2 Å². The van der Waals surface area contributed by atoms with Crippen molar-refractivity contribution in [2.45, 2.75) is 31.8 Å². The normalized spacial score (nSPS) is 18.2. The lowest BCUT2D eigenvalue weighted by molar-refractivity contribution is -0.162. The molecule has 0 bridgehead atoms. The molecular weight excluding hydrogens is 344 g/mol.